The lowest BCUT2D eigenvalue weighted by atomic mass is 10.0. The van der Waals surface area contributed by atoms with Crippen molar-refractivity contribution >= 4 is 45.1 Å². The second kappa shape index (κ2) is 5.56. The van der Waals surface area contributed by atoms with E-state index >= 15 is 0 Å². The summed E-state index contributed by atoms with van der Waals surface area (Å²) in [5, 5.41) is 0.734. The van der Waals surface area contributed by atoms with Crippen LogP contribution in [0, 0.1) is 0 Å². The summed E-state index contributed by atoms with van der Waals surface area (Å²) in [7, 11) is 0. The van der Waals surface area contributed by atoms with Crippen LogP contribution in [0.5, 0.6) is 0 Å². The van der Waals surface area contributed by atoms with Crippen LogP contribution in [0.25, 0.3) is 0 Å². The molecule has 1 heterocycles. The van der Waals surface area contributed by atoms with E-state index in [1.165, 1.54) is 6.42 Å². The number of carbonyl (C=O) groups excluding carboxylic acids is 1. The third kappa shape index (κ3) is 2.82. The van der Waals surface area contributed by atoms with E-state index in [0.29, 0.717) is 5.02 Å². The Balaban J connectivity index is 2.16. The maximum absolute atomic E-state index is 12.2. The molecule has 2 rings (SSSR count). The molecular weight excluding hydrogens is 308 g/mol. The van der Waals surface area contributed by atoms with Gasteiger partial charge in [0.2, 0.25) is 0 Å². The molecule has 1 aromatic carbocycles. The van der Waals surface area contributed by atoms with E-state index in [9.17, 15) is 4.79 Å². The second-order valence-corrected chi connectivity index (χ2v) is 6.42. The zero-order valence-corrected chi connectivity index (χ0v) is 11.9. The van der Waals surface area contributed by atoms with Gasteiger partial charge in [0.1, 0.15) is 0 Å². The highest BCUT2D eigenvalue weighted by Crippen LogP contribution is 2.30. The number of ketones is 1. The molecule has 1 aliphatic heterocycles. The van der Waals surface area contributed by atoms with Gasteiger partial charge in [0.25, 0.3) is 0 Å². The molecule has 1 aromatic rings. The van der Waals surface area contributed by atoms with Crippen LogP contribution in [-0.2, 0) is 0 Å². The fourth-order valence-corrected chi connectivity index (χ4v) is 3.49. The number of hydrogen-bond acceptors (Lipinski definition) is 2. The molecule has 0 aliphatic carbocycles. The molecule has 86 valence electrons. The van der Waals surface area contributed by atoms with Crippen molar-refractivity contribution in [2.75, 3.05) is 5.75 Å². The van der Waals surface area contributed by atoms with Crippen molar-refractivity contribution in [3.8, 4) is 0 Å². The predicted octanol–water partition coefficient (Wildman–Crippen LogP) is 4.57. The molecule has 1 unspecified atom stereocenters. The van der Waals surface area contributed by atoms with Gasteiger partial charge in [-0.3, -0.25) is 4.79 Å². The van der Waals surface area contributed by atoms with Crippen LogP contribution >= 0.6 is 39.3 Å². The van der Waals surface area contributed by atoms with Crippen LogP contribution in [0.1, 0.15) is 29.6 Å². The van der Waals surface area contributed by atoms with E-state index in [1.54, 1.807) is 17.8 Å². The molecule has 0 spiro atoms. The first kappa shape index (κ1) is 12.5. The van der Waals surface area contributed by atoms with Gasteiger partial charge in [0, 0.05) is 10.0 Å². The highest BCUT2D eigenvalue weighted by molar-refractivity contribution is 9.10. The first-order valence-electron chi connectivity index (χ1n) is 5.29. The Morgan fingerprint density at radius 1 is 1.44 bits per heavy atom. The number of Topliss-reactive ketones (excluding diaryl/α,β-unsaturated/α-hetero) is 1. The van der Waals surface area contributed by atoms with Gasteiger partial charge in [-0.1, -0.05) is 24.1 Å². The van der Waals surface area contributed by atoms with Crippen molar-refractivity contribution < 1.29 is 4.79 Å². The summed E-state index contributed by atoms with van der Waals surface area (Å²) in [6, 6.07) is 5.43. The van der Waals surface area contributed by atoms with E-state index in [1.807, 2.05) is 12.1 Å². The summed E-state index contributed by atoms with van der Waals surface area (Å²) < 4.78 is 0.835. The lowest BCUT2D eigenvalue weighted by Gasteiger charge is -2.20. The Bertz CT molecular complexity index is 402. The van der Waals surface area contributed by atoms with Gasteiger partial charge in [-0.2, -0.15) is 11.8 Å². The Morgan fingerprint density at radius 3 is 2.88 bits per heavy atom. The van der Waals surface area contributed by atoms with E-state index < -0.39 is 0 Å². The summed E-state index contributed by atoms with van der Waals surface area (Å²) in [5.41, 5.74) is 0.729. The summed E-state index contributed by atoms with van der Waals surface area (Å²) in [5.74, 6) is 1.32. The maximum Gasteiger partial charge on any atom is 0.175 e. The summed E-state index contributed by atoms with van der Waals surface area (Å²) in [4.78, 5) is 12.2. The van der Waals surface area contributed by atoms with Gasteiger partial charge in [-0.15, -0.1) is 0 Å². The molecule has 0 bridgehead atoms. The minimum Gasteiger partial charge on any atom is -0.293 e. The number of halogens is 2. The fraction of sp³-hybridized carbons (Fsp3) is 0.417. The number of benzene rings is 1. The molecule has 16 heavy (non-hydrogen) atoms. The van der Waals surface area contributed by atoms with Gasteiger partial charge in [-0.25, -0.2) is 0 Å². The molecule has 1 atom stereocenters. The smallest absolute Gasteiger partial charge is 0.175 e. The second-order valence-electron chi connectivity index (χ2n) is 3.85. The molecule has 0 saturated carbocycles. The quantitative estimate of drug-likeness (QED) is 0.743. The third-order valence-corrected chi connectivity index (χ3v) is 5.29. The molecule has 1 fully saturated rings. The molecule has 1 aliphatic rings. The van der Waals surface area contributed by atoms with Gasteiger partial charge >= 0.3 is 0 Å². The number of thioether (sulfide) groups is 1. The molecule has 4 heteroatoms. The fourth-order valence-electron chi connectivity index (χ4n) is 1.78. The maximum atomic E-state index is 12.2. The Hall–Kier alpha value is 0.01000. The lowest BCUT2D eigenvalue weighted by Crippen LogP contribution is -2.20. The van der Waals surface area contributed by atoms with Crippen LogP contribution in [0.15, 0.2) is 22.7 Å². The highest BCUT2D eigenvalue weighted by atomic mass is 79.9. The molecule has 0 N–H and O–H groups in total. The standard InChI is InChI=1S/C12H12BrClOS/c13-9-5-4-8(7-10(9)14)12(15)11-3-1-2-6-16-11/h4-5,7,11H,1-3,6H2. The predicted molar refractivity (Wildman–Crippen MR) is 73.6 cm³/mol. The molecule has 1 nitrogen and oxygen atoms in total. The Labute approximate surface area is 113 Å². The van der Waals surface area contributed by atoms with E-state index in [4.69, 9.17) is 11.6 Å². The van der Waals surface area contributed by atoms with Crippen LogP contribution in [0.3, 0.4) is 0 Å². The molecule has 0 amide bonds. The number of hydrogen-bond donors (Lipinski definition) is 0. The van der Waals surface area contributed by atoms with Gasteiger partial charge in [0.05, 0.1) is 10.3 Å². The average Bonchev–Trinajstić information content (AvgIpc) is 2.33. The molecular formula is C12H12BrClOS. The average molecular weight is 320 g/mol. The largest absolute Gasteiger partial charge is 0.293 e. The summed E-state index contributed by atoms with van der Waals surface area (Å²) >= 11 is 11.1. The topological polar surface area (TPSA) is 17.1 Å². The summed E-state index contributed by atoms with van der Waals surface area (Å²) in [6.45, 7) is 0. The van der Waals surface area contributed by atoms with Crippen LogP contribution in [0.2, 0.25) is 5.02 Å². The van der Waals surface area contributed by atoms with Crippen molar-refractivity contribution in [1.29, 1.82) is 0 Å². The van der Waals surface area contributed by atoms with Gasteiger partial charge in [0.15, 0.2) is 5.78 Å². The van der Waals surface area contributed by atoms with Gasteiger partial charge < -0.3 is 0 Å². The van der Waals surface area contributed by atoms with Crippen LogP contribution in [-0.4, -0.2) is 16.8 Å². The monoisotopic (exact) mass is 318 g/mol. The minimum absolute atomic E-state index is 0.131. The zero-order valence-electron chi connectivity index (χ0n) is 8.71. The minimum atomic E-state index is 0.131. The van der Waals surface area contributed by atoms with Crippen LogP contribution in [0.4, 0.5) is 0 Å². The lowest BCUT2D eigenvalue weighted by molar-refractivity contribution is 0.0985. The first-order chi connectivity index (χ1) is 7.68. The van der Waals surface area contributed by atoms with E-state index in [-0.39, 0.29) is 11.0 Å². The van der Waals surface area contributed by atoms with E-state index in [0.717, 1.165) is 28.6 Å². The molecule has 0 radical (unpaired) electrons. The van der Waals surface area contributed by atoms with Gasteiger partial charge in [-0.05, 0) is 46.7 Å². The molecule has 0 aromatic heterocycles. The van der Waals surface area contributed by atoms with Crippen molar-refractivity contribution in [2.24, 2.45) is 0 Å². The number of carbonyl (C=O) groups is 1. The highest BCUT2D eigenvalue weighted by Gasteiger charge is 2.23. The Kier molecular flexibility index (Phi) is 4.34. The normalized spacial score (nSPS) is 20.8. The van der Waals surface area contributed by atoms with Crippen molar-refractivity contribution in [3.63, 3.8) is 0 Å². The number of rotatable bonds is 2. The van der Waals surface area contributed by atoms with Crippen molar-refractivity contribution in [3.05, 3.63) is 33.3 Å². The van der Waals surface area contributed by atoms with Crippen molar-refractivity contribution in [1.82, 2.24) is 0 Å². The SMILES string of the molecule is O=C(c1ccc(Br)c(Cl)c1)C1CCCCS1. The summed E-state index contributed by atoms with van der Waals surface area (Å²) in [6.07, 6.45) is 3.39. The zero-order chi connectivity index (χ0) is 11.5. The first-order valence-corrected chi connectivity index (χ1v) is 7.51. The third-order valence-electron chi connectivity index (χ3n) is 2.68. The Morgan fingerprint density at radius 2 is 2.25 bits per heavy atom. The molecule has 1 saturated heterocycles. The van der Waals surface area contributed by atoms with Crippen LogP contribution < -0.4 is 0 Å². The van der Waals surface area contributed by atoms with E-state index in [2.05, 4.69) is 15.9 Å². The van der Waals surface area contributed by atoms with Crippen molar-refractivity contribution in [2.45, 2.75) is 24.5 Å².